The maximum Gasteiger partial charge on any atom is 0.417 e. The van der Waals surface area contributed by atoms with E-state index in [2.05, 4.69) is 10.1 Å². The van der Waals surface area contributed by atoms with Crippen LogP contribution in [-0.2, 0) is 0 Å². The number of ether oxygens (including phenoxy) is 1. The summed E-state index contributed by atoms with van der Waals surface area (Å²) in [4.78, 5) is 17.5. The Bertz CT molecular complexity index is 1200. The minimum absolute atomic E-state index is 0.00943. The second-order valence-electron chi connectivity index (χ2n) is 5.70. The molecule has 0 aliphatic carbocycles. The molecule has 3 heterocycles. The number of rotatable bonds is 4. The molecule has 0 fully saturated rings. The molecule has 4 rings (SSSR count). The van der Waals surface area contributed by atoms with Crippen molar-refractivity contribution in [2.75, 3.05) is 11.5 Å². The number of anilines is 2. The van der Waals surface area contributed by atoms with Gasteiger partial charge in [-0.2, -0.15) is 14.3 Å². The quantitative estimate of drug-likeness (QED) is 0.471. The van der Waals surface area contributed by atoms with Gasteiger partial charge in [-0.25, -0.2) is 14.7 Å². The van der Waals surface area contributed by atoms with Gasteiger partial charge in [0.15, 0.2) is 22.3 Å². The summed E-state index contributed by atoms with van der Waals surface area (Å²) in [5.41, 5.74) is 0.633. The molecule has 1 aromatic carbocycles. The zero-order chi connectivity index (χ0) is 20.0. The van der Waals surface area contributed by atoms with Crippen LogP contribution in [0.4, 0.5) is 16.3 Å². The Labute approximate surface area is 167 Å². The molecule has 0 atom stereocenters. The van der Waals surface area contributed by atoms with Crippen LogP contribution in [0.3, 0.4) is 0 Å². The lowest BCUT2D eigenvalue weighted by atomic mass is 10.2. The van der Waals surface area contributed by atoms with Crippen LogP contribution in [0.5, 0.6) is 5.75 Å². The molecular weight excluding hydrogens is 409 g/mol. The van der Waals surface area contributed by atoms with Crippen molar-refractivity contribution < 1.29 is 19.8 Å². The van der Waals surface area contributed by atoms with E-state index in [1.165, 1.54) is 10.7 Å². The molecule has 0 aliphatic rings. The van der Waals surface area contributed by atoms with Crippen molar-refractivity contribution in [3.05, 3.63) is 46.7 Å². The lowest BCUT2D eigenvalue weighted by Gasteiger charge is -2.21. The predicted octanol–water partition coefficient (Wildman–Crippen LogP) is 4.44. The fourth-order valence-electron chi connectivity index (χ4n) is 2.94. The summed E-state index contributed by atoms with van der Waals surface area (Å²) in [5.74, 6) is 0.671. The number of halogens is 2. The highest BCUT2D eigenvalue weighted by atomic mass is 35.5. The van der Waals surface area contributed by atoms with E-state index in [1.807, 2.05) is 6.92 Å². The number of amides is 1. The molecular formula is C17H13Cl2N5O4. The second-order valence-corrected chi connectivity index (χ2v) is 6.43. The van der Waals surface area contributed by atoms with Crippen molar-refractivity contribution in [1.29, 1.82) is 0 Å². The van der Waals surface area contributed by atoms with E-state index in [1.54, 1.807) is 30.3 Å². The summed E-state index contributed by atoms with van der Waals surface area (Å²) < 4.78 is 7.32. The van der Waals surface area contributed by atoms with Crippen LogP contribution in [0.1, 0.15) is 6.92 Å². The Morgan fingerprint density at radius 3 is 2.61 bits per heavy atom. The molecule has 4 aromatic rings. The number of carboxylic acid groups (broad SMARTS) is 1. The molecule has 3 aromatic heterocycles. The van der Waals surface area contributed by atoms with Crippen molar-refractivity contribution in [3.8, 4) is 5.75 Å². The third-order valence-electron chi connectivity index (χ3n) is 4.09. The predicted molar refractivity (Wildman–Crippen MR) is 103 cm³/mol. The average Bonchev–Trinajstić information content (AvgIpc) is 3.23. The minimum Gasteiger partial charge on any atom is -0.494 e. The smallest absolute Gasteiger partial charge is 0.417 e. The molecule has 0 aliphatic heterocycles. The van der Waals surface area contributed by atoms with E-state index in [9.17, 15) is 15.1 Å². The molecule has 28 heavy (non-hydrogen) atoms. The molecule has 0 unspecified atom stereocenters. The monoisotopic (exact) mass is 421 g/mol. The first-order chi connectivity index (χ1) is 13.4. The first-order valence-corrected chi connectivity index (χ1v) is 8.88. The maximum atomic E-state index is 12.2. The number of carbonyl (C=O) groups is 1. The van der Waals surface area contributed by atoms with Gasteiger partial charge in [-0.15, -0.1) is 0 Å². The van der Waals surface area contributed by atoms with Crippen LogP contribution in [0.15, 0.2) is 36.5 Å². The second kappa shape index (κ2) is 6.77. The van der Waals surface area contributed by atoms with E-state index in [-0.39, 0.29) is 27.0 Å². The van der Waals surface area contributed by atoms with Gasteiger partial charge in [-0.05, 0) is 31.2 Å². The van der Waals surface area contributed by atoms with Crippen LogP contribution in [0.25, 0.3) is 16.7 Å². The molecule has 0 bridgehead atoms. The van der Waals surface area contributed by atoms with Gasteiger partial charge >= 0.3 is 6.09 Å². The topological polar surface area (TPSA) is 105 Å². The SMILES string of the molecule is CCOc1ccc(N(C(=O)O)c2c3c(Cl)c(Cl)n(O)c3nc3ccnn23)cc1. The Morgan fingerprint density at radius 2 is 1.96 bits per heavy atom. The highest BCUT2D eigenvalue weighted by Gasteiger charge is 2.29. The normalized spacial score (nSPS) is 11.2. The largest absolute Gasteiger partial charge is 0.494 e. The third kappa shape index (κ3) is 2.67. The van der Waals surface area contributed by atoms with E-state index in [0.717, 1.165) is 4.90 Å². The van der Waals surface area contributed by atoms with Gasteiger partial charge in [-0.1, -0.05) is 23.2 Å². The number of benzene rings is 1. The third-order valence-corrected chi connectivity index (χ3v) is 4.90. The number of nitrogens with zero attached hydrogens (tertiary/aromatic N) is 5. The van der Waals surface area contributed by atoms with Gasteiger partial charge in [0, 0.05) is 6.07 Å². The fourth-order valence-corrected chi connectivity index (χ4v) is 3.36. The fraction of sp³-hybridized carbons (Fsp3) is 0.118. The molecule has 11 heteroatoms. The van der Waals surface area contributed by atoms with Crippen molar-refractivity contribution in [2.45, 2.75) is 6.92 Å². The van der Waals surface area contributed by atoms with Crippen LogP contribution >= 0.6 is 23.2 Å². The van der Waals surface area contributed by atoms with Crippen molar-refractivity contribution in [1.82, 2.24) is 19.3 Å². The van der Waals surface area contributed by atoms with Crippen molar-refractivity contribution >= 4 is 57.5 Å². The van der Waals surface area contributed by atoms with Gasteiger partial charge < -0.3 is 15.1 Å². The minimum atomic E-state index is -1.29. The molecule has 0 radical (unpaired) electrons. The molecule has 9 nitrogen and oxygen atoms in total. The molecule has 2 N–H and O–H groups in total. The molecule has 144 valence electrons. The first kappa shape index (κ1) is 18.2. The van der Waals surface area contributed by atoms with Gasteiger partial charge in [0.1, 0.15) is 5.75 Å². The number of hydrogen-bond donors (Lipinski definition) is 2. The summed E-state index contributed by atoms with van der Waals surface area (Å²) in [5, 5.41) is 24.2. The van der Waals surface area contributed by atoms with E-state index >= 15 is 0 Å². The highest BCUT2D eigenvalue weighted by molar-refractivity contribution is 6.46. The standard InChI is InChI=1S/C17H13Cl2N5O4/c1-2-28-10-5-3-9(4-6-10)22(17(25)26)16-12-13(18)14(19)24(27)15(12)21-11-7-8-20-23(11)16/h3-8,27H,2H2,1H3,(H,25,26). The summed E-state index contributed by atoms with van der Waals surface area (Å²) in [6, 6.07) is 8.05. The zero-order valence-electron chi connectivity index (χ0n) is 14.4. The van der Waals surface area contributed by atoms with Gasteiger partial charge in [0.2, 0.25) is 0 Å². The number of hydrogen-bond acceptors (Lipinski definition) is 5. The molecule has 0 saturated carbocycles. The maximum absolute atomic E-state index is 12.2. The van der Waals surface area contributed by atoms with Crippen LogP contribution in [0.2, 0.25) is 10.2 Å². The molecule has 0 saturated heterocycles. The summed E-state index contributed by atoms with van der Waals surface area (Å²) in [6.45, 7) is 2.34. The molecule has 1 amide bonds. The lowest BCUT2D eigenvalue weighted by molar-refractivity contribution is 0.199. The number of fused-ring (bicyclic) bond motifs is 2. The highest BCUT2D eigenvalue weighted by Crippen LogP contribution is 2.41. The van der Waals surface area contributed by atoms with Crippen LogP contribution in [0, 0.1) is 0 Å². The summed E-state index contributed by atoms with van der Waals surface area (Å²) in [7, 11) is 0. The van der Waals surface area contributed by atoms with Crippen molar-refractivity contribution in [2.24, 2.45) is 0 Å². The average molecular weight is 422 g/mol. The Balaban J connectivity index is 2.04. The van der Waals surface area contributed by atoms with Crippen LogP contribution < -0.4 is 9.64 Å². The van der Waals surface area contributed by atoms with Gasteiger partial charge in [0.25, 0.3) is 0 Å². The Morgan fingerprint density at radius 1 is 1.25 bits per heavy atom. The summed E-state index contributed by atoms with van der Waals surface area (Å²) in [6.07, 6.45) is 0.173. The van der Waals surface area contributed by atoms with E-state index in [0.29, 0.717) is 28.4 Å². The number of aromatic nitrogens is 4. The van der Waals surface area contributed by atoms with Crippen molar-refractivity contribution in [3.63, 3.8) is 0 Å². The Kier molecular flexibility index (Phi) is 4.40. The van der Waals surface area contributed by atoms with E-state index in [4.69, 9.17) is 27.9 Å². The zero-order valence-corrected chi connectivity index (χ0v) is 15.9. The Hall–Kier alpha value is -3.17. The lowest BCUT2D eigenvalue weighted by Crippen LogP contribution is -2.26. The van der Waals surface area contributed by atoms with Gasteiger partial charge in [0.05, 0.1) is 28.9 Å². The molecule has 0 spiro atoms. The van der Waals surface area contributed by atoms with Crippen LogP contribution in [-0.4, -0.2) is 42.3 Å². The first-order valence-electron chi connectivity index (χ1n) is 8.12. The van der Waals surface area contributed by atoms with E-state index < -0.39 is 6.09 Å². The van der Waals surface area contributed by atoms with Gasteiger partial charge in [-0.3, -0.25) is 0 Å². The summed E-state index contributed by atoms with van der Waals surface area (Å²) >= 11 is 12.3.